The zero-order chi connectivity index (χ0) is 10.8. The first kappa shape index (κ1) is 9.86. The molecule has 0 aliphatic carbocycles. The van der Waals surface area contributed by atoms with Gasteiger partial charge in [0.05, 0.1) is 6.54 Å². The van der Waals surface area contributed by atoms with Gasteiger partial charge in [0.25, 0.3) is 5.78 Å². The van der Waals surface area contributed by atoms with E-state index in [2.05, 4.69) is 0 Å². The summed E-state index contributed by atoms with van der Waals surface area (Å²) in [6.45, 7) is 1.31. The highest BCUT2D eigenvalue weighted by Gasteiger charge is 2.22. The van der Waals surface area contributed by atoms with Crippen LogP contribution in [0.5, 0.6) is 0 Å². The molecule has 1 aromatic rings. The molecule has 15 heavy (non-hydrogen) atoms. The van der Waals surface area contributed by atoms with E-state index in [4.69, 9.17) is 5.11 Å². The van der Waals surface area contributed by atoms with Gasteiger partial charge in [-0.15, -0.1) is 0 Å². The number of hydrogen-bond acceptors (Lipinski definition) is 3. The van der Waals surface area contributed by atoms with Gasteiger partial charge in [0.2, 0.25) is 0 Å². The summed E-state index contributed by atoms with van der Waals surface area (Å²) < 4.78 is 0. The largest absolute Gasteiger partial charge is 0.475 e. The SMILES string of the molecule is O=C(O)C(=O)CN1Cc2ccccc2C1. The second-order valence-electron chi connectivity index (χ2n) is 3.64. The van der Waals surface area contributed by atoms with Crippen molar-refractivity contribution in [2.75, 3.05) is 6.54 Å². The van der Waals surface area contributed by atoms with Gasteiger partial charge in [-0.25, -0.2) is 4.79 Å². The summed E-state index contributed by atoms with van der Waals surface area (Å²) >= 11 is 0. The van der Waals surface area contributed by atoms with Crippen LogP contribution in [0.3, 0.4) is 0 Å². The third-order valence-electron chi connectivity index (χ3n) is 2.51. The van der Waals surface area contributed by atoms with E-state index < -0.39 is 11.8 Å². The fraction of sp³-hybridized carbons (Fsp3) is 0.273. The Bertz CT molecular complexity index is 389. The van der Waals surface area contributed by atoms with Gasteiger partial charge in [-0.1, -0.05) is 24.3 Å². The predicted molar refractivity (Wildman–Crippen MR) is 53.2 cm³/mol. The van der Waals surface area contributed by atoms with Gasteiger partial charge >= 0.3 is 5.97 Å². The first-order chi connectivity index (χ1) is 7.16. The lowest BCUT2D eigenvalue weighted by Gasteiger charge is -2.11. The molecule has 0 atom stereocenters. The molecule has 0 saturated carbocycles. The van der Waals surface area contributed by atoms with Crippen molar-refractivity contribution in [1.29, 1.82) is 0 Å². The fourth-order valence-corrected chi connectivity index (χ4v) is 1.79. The maximum atomic E-state index is 11.0. The molecule has 4 heteroatoms. The number of carboxylic acid groups (broad SMARTS) is 1. The maximum absolute atomic E-state index is 11.0. The van der Waals surface area contributed by atoms with Crippen LogP contribution in [0.2, 0.25) is 0 Å². The lowest BCUT2D eigenvalue weighted by atomic mass is 10.1. The number of rotatable bonds is 3. The van der Waals surface area contributed by atoms with Crippen LogP contribution in [0.25, 0.3) is 0 Å². The minimum atomic E-state index is -1.36. The van der Waals surface area contributed by atoms with Gasteiger partial charge in [0.15, 0.2) is 0 Å². The van der Waals surface area contributed by atoms with E-state index in [9.17, 15) is 9.59 Å². The molecule has 0 amide bonds. The van der Waals surface area contributed by atoms with Crippen molar-refractivity contribution in [1.82, 2.24) is 4.90 Å². The van der Waals surface area contributed by atoms with Gasteiger partial charge in [0, 0.05) is 13.1 Å². The van der Waals surface area contributed by atoms with Crippen LogP contribution >= 0.6 is 0 Å². The van der Waals surface area contributed by atoms with E-state index in [0.717, 1.165) is 0 Å². The maximum Gasteiger partial charge on any atom is 0.373 e. The molecule has 0 unspecified atom stereocenters. The van der Waals surface area contributed by atoms with Crippen molar-refractivity contribution in [3.63, 3.8) is 0 Å². The summed E-state index contributed by atoms with van der Waals surface area (Å²) in [7, 11) is 0. The Morgan fingerprint density at radius 2 is 1.73 bits per heavy atom. The number of fused-ring (bicyclic) bond motifs is 1. The molecule has 1 heterocycles. The summed E-state index contributed by atoms with van der Waals surface area (Å²) in [4.78, 5) is 23.2. The lowest BCUT2D eigenvalue weighted by Crippen LogP contribution is -2.29. The van der Waals surface area contributed by atoms with Gasteiger partial charge in [-0.3, -0.25) is 9.69 Å². The van der Waals surface area contributed by atoms with Gasteiger partial charge in [0.1, 0.15) is 0 Å². The summed E-state index contributed by atoms with van der Waals surface area (Å²) in [5.41, 5.74) is 2.35. The molecule has 0 saturated heterocycles. The molecule has 0 radical (unpaired) electrons. The third-order valence-corrected chi connectivity index (χ3v) is 2.51. The van der Waals surface area contributed by atoms with Crippen molar-refractivity contribution in [2.24, 2.45) is 0 Å². The van der Waals surface area contributed by atoms with E-state index in [1.165, 1.54) is 11.1 Å². The summed E-state index contributed by atoms with van der Waals surface area (Å²) in [5, 5.41) is 8.48. The van der Waals surface area contributed by atoms with Gasteiger partial charge < -0.3 is 5.11 Å². The molecule has 0 aromatic heterocycles. The molecule has 1 aliphatic heterocycles. The van der Waals surface area contributed by atoms with Crippen LogP contribution < -0.4 is 0 Å². The molecule has 4 nitrogen and oxygen atoms in total. The fourth-order valence-electron chi connectivity index (χ4n) is 1.79. The highest BCUT2D eigenvalue weighted by Crippen LogP contribution is 2.21. The Hall–Kier alpha value is -1.68. The zero-order valence-corrected chi connectivity index (χ0v) is 8.14. The molecule has 78 valence electrons. The number of carbonyl (C=O) groups excluding carboxylic acids is 1. The number of nitrogens with zero attached hydrogens (tertiary/aromatic N) is 1. The molecular formula is C11H11NO3. The van der Waals surface area contributed by atoms with Crippen LogP contribution in [0.1, 0.15) is 11.1 Å². The van der Waals surface area contributed by atoms with E-state index in [0.29, 0.717) is 13.1 Å². The topological polar surface area (TPSA) is 57.6 Å². The average molecular weight is 205 g/mol. The first-order valence-corrected chi connectivity index (χ1v) is 4.72. The quantitative estimate of drug-likeness (QED) is 0.736. The Balaban J connectivity index is 2.02. The minimum absolute atomic E-state index is 0.00991. The molecule has 1 aromatic carbocycles. The first-order valence-electron chi connectivity index (χ1n) is 4.72. The second kappa shape index (κ2) is 3.82. The summed E-state index contributed by atoms with van der Waals surface area (Å²) in [6, 6.07) is 7.89. The molecule has 1 N–H and O–H groups in total. The van der Waals surface area contributed by atoms with Gasteiger partial charge in [-0.05, 0) is 11.1 Å². The van der Waals surface area contributed by atoms with Crippen molar-refractivity contribution < 1.29 is 14.7 Å². The predicted octanol–water partition coefficient (Wildman–Crippen LogP) is 0.656. The monoisotopic (exact) mass is 205 g/mol. The molecule has 1 aliphatic rings. The number of benzene rings is 1. The normalized spacial score (nSPS) is 14.9. The van der Waals surface area contributed by atoms with Crippen molar-refractivity contribution in [2.45, 2.75) is 13.1 Å². The Morgan fingerprint density at radius 1 is 1.20 bits per heavy atom. The number of carboxylic acids is 1. The van der Waals surface area contributed by atoms with Crippen molar-refractivity contribution >= 4 is 11.8 Å². The van der Waals surface area contributed by atoms with E-state index >= 15 is 0 Å². The highest BCUT2D eigenvalue weighted by atomic mass is 16.4. The Labute approximate surface area is 87.1 Å². The Kier molecular flexibility index (Phi) is 2.51. The Morgan fingerprint density at radius 3 is 2.20 bits per heavy atom. The third kappa shape index (κ3) is 2.05. The van der Waals surface area contributed by atoms with Crippen LogP contribution in [0.15, 0.2) is 24.3 Å². The van der Waals surface area contributed by atoms with Gasteiger partial charge in [-0.2, -0.15) is 0 Å². The molecule has 0 bridgehead atoms. The summed E-state index contributed by atoms with van der Waals surface area (Å²) in [6.07, 6.45) is 0. The average Bonchev–Trinajstić information content (AvgIpc) is 2.59. The van der Waals surface area contributed by atoms with Crippen LogP contribution in [0.4, 0.5) is 0 Å². The van der Waals surface area contributed by atoms with Crippen molar-refractivity contribution in [3.8, 4) is 0 Å². The van der Waals surface area contributed by atoms with Crippen LogP contribution in [-0.2, 0) is 22.7 Å². The van der Waals surface area contributed by atoms with E-state index in [1.807, 2.05) is 29.2 Å². The standard InChI is InChI=1S/C11H11NO3/c13-10(11(14)15)7-12-5-8-3-1-2-4-9(8)6-12/h1-4H,5-7H2,(H,14,15). The molecule has 0 spiro atoms. The number of carbonyl (C=O) groups is 2. The smallest absolute Gasteiger partial charge is 0.373 e. The van der Waals surface area contributed by atoms with Crippen LogP contribution in [-0.4, -0.2) is 28.3 Å². The van der Waals surface area contributed by atoms with E-state index in [1.54, 1.807) is 0 Å². The second-order valence-corrected chi connectivity index (χ2v) is 3.64. The molecular weight excluding hydrogens is 194 g/mol. The van der Waals surface area contributed by atoms with E-state index in [-0.39, 0.29) is 6.54 Å². The highest BCUT2D eigenvalue weighted by molar-refractivity contribution is 6.33. The summed E-state index contributed by atoms with van der Waals surface area (Å²) in [5.74, 6) is -2.10. The number of Topliss-reactive ketones (excluding diaryl/α,β-unsaturated/α-hetero) is 1. The lowest BCUT2D eigenvalue weighted by molar-refractivity contribution is -0.149. The van der Waals surface area contributed by atoms with Crippen molar-refractivity contribution in [3.05, 3.63) is 35.4 Å². The molecule has 0 fully saturated rings. The number of aliphatic carboxylic acids is 1. The number of ketones is 1. The van der Waals surface area contributed by atoms with Crippen LogP contribution in [0, 0.1) is 0 Å². The minimum Gasteiger partial charge on any atom is -0.475 e. The zero-order valence-electron chi connectivity index (χ0n) is 8.14. The molecule has 2 rings (SSSR count). The number of hydrogen-bond donors (Lipinski definition) is 1.